The zero-order valence-electron chi connectivity index (χ0n) is 15.3. The lowest BCUT2D eigenvalue weighted by Crippen LogP contribution is -2.41. The van der Waals surface area contributed by atoms with Crippen LogP contribution in [0, 0.1) is 0 Å². The van der Waals surface area contributed by atoms with Crippen molar-refractivity contribution in [3.63, 3.8) is 0 Å². The lowest BCUT2D eigenvalue weighted by molar-refractivity contribution is -0.121. The molecule has 0 radical (unpaired) electrons. The molecule has 0 aromatic heterocycles. The normalized spacial score (nSPS) is 12.6. The van der Waals surface area contributed by atoms with Crippen LogP contribution in [-0.4, -0.2) is 38.6 Å². The molecule has 26 heavy (non-hydrogen) atoms. The maximum Gasteiger partial charge on any atom is 0.241 e. The lowest BCUT2D eigenvalue weighted by atomic mass is 10.1. The summed E-state index contributed by atoms with van der Waals surface area (Å²) < 4.78 is 25.1. The number of likely N-dealkylation sites (N-methyl/N-ethyl adjacent to an activating group) is 1. The highest BCUT2D eigenvalue weighted by atomic mass is 32.2. The van der Waals surface area contributed by atoms with Gasteiger partial charge in [-0.2, -0.15) is 0 Å². The summed E-state index contributed by atoms with van der Waals surface area (Å²) in [6.45, 7) is 2.63. The van der Waals surface area contributed by atoms with Crippen molar-refractivity contribution in [3.05, 3.63) is 60.2 Å². The van der Waals surface area contributed by atoms with Crippen LogP contribution in [-0.2, 0) is 21.4 Å². The molecule has 140 valence electrons. The third kappa shape index (κ3) is 6.16. The molecule has 0 aliphatic heterocycles. The average molecular weight is 375 g/mol. The van der Waals surface area contributed by atoms with Crippen molar-refractivity contribution < 1.29 is 13.2 Å². The molecule has 2 rings (SSSR count). The Balaban J connectivity index is 2.05. The lowest BCUT2D eigenvalue weighted by Gasteiger charge is -2.26. The zero-order chi connectivity index (χ0) is 19.2. The van der Waals surface area contributed by atoms with Gasteiger partial charge in [-0.1, -0.05) is 43.3 Å². The molecular weight excluding hydrogens is 350 g/mol. The zero-order valence-corrected chi connectivity index (χ0v) is 16.1. The van der Waals surface area contributed by atoms with Crippen molar-refractivity contribution in [1.29, 1.82) is 0 Å². The van der Waals surface area contributed by atoms with E-state index in [9.17, 15) is 13.2 Å². The summed E-state index contributed by atoms with van der Waals surface area (Å²) in [5.41, 5.74) is 2.10. The number of hydrogen-bond donors (Lipinski definition) is 2. The highest BCUT2D eigenvalue weighted by Gasteiger charge is 2.21. The standard InChI is InChI=1S/C19H25N3O3S/c1-4-18(22(2)14-15-9-6-5-7-10-15)19(23)20-16-11-8-12-17(13-16)21-26(3,24)25/h5-13,18,21H,4,14H2,1-3H3,(H,20,23). The van der Waals surface area contributed by atoms with Gasteiger partial charge in [0.05, 0.1) is 18.0 Å². The Hall–Kier alpha value is -2.38. The van der Waals surface area contributed by atoms with E-state index in [2.05, 4.69) is 10.0 Å². The van der Waals surface area contributed by atoms with Crippen molar-refractivity contribution in [1.82, 2.24) is 4.90 Å². The van der Waals surface area contributed by atoms with E-state index in [1.165, 1.54) is 0 Å². The fourth-order valence-electron chi connectivity index (χ4n) is 2.78. The van der Waals surface area contributed by atoms with Gasteiger partial charge in [0.25, 0.3) is 0 Å². The van der Waals surface area contributed by atoms with Crippen LogP contribution >= 0.6 is 0 Å². The second-order valence-corrected chi connectivity index (χ2v) is 8.02. The summed E-state index contributed by atoms with van der Waals surface area (Å²) in [6.07, 6.45) is 1.75. The van der Waals surface area contributed by atoms with Crippen molar-refractivity contribution in [2.24, 2.45) is 0 Å². The quantitative estimate of drug-likeness (QED) is 0.744. The molecule has 7 heteroatoms. The molecule has 2 N–H and O–H groups in total. The maximum atomic E-state index is 12.7. The topological polar surface area (TPSA) is 78.5 Å². The first-order chi connectivity index (χ1) is 12.3. The molecule has 0 aliphatic carbocycles. The van der Waals surface area contributed by atoms with Crippen molar-refractivity contribution in [2.75, 3.05) is 23.3 Å². The van der Waals surface area contributed by atoms with Gasteiger partial charge in [-0.3, -0.25) is 14.4 Å². The van der Waals surface area contributed by atoms with Gasteiger partial charge < -0.3 is 5.32 Å². The first-order valence-corrected chi connectivity index (χ1v) is 10.3. The van der Waals surface area contributed by atoms with Gasteiger partial charge in [0.2, 0.25) is 15.9 Å². The molecule has 0 heterocycles. The van der Waals surface area contributed by atoms with Crippen LogP contribution in [0.2, 0.25) is 0 Å². The van der Waals surface area contributed by atoms with Gasteiger partial charge >= 0.3 is 0 Å². The predicted molar refractivity (Wildman–Crippen MR) is 106 cm³/mol. The number of amides is 1. The number of anilines is 2. The summed E-state index contributed by atoms with van der Waals surface area (Å²) in [4.78, 5) is 14.7. The van der Waals surface area contributed by atoms with Gasteiger partial charge in [0.15, 0.2) is 0 Å². The Morgan fingerprint density at radius 2 is 1.73 bits per heavy atom. The number of nitrogens with zero attached hydrogens (tertiary/aromatic N) is 1. The largest absolute Gasteiger partial charge is 0.325 e. The number of carbonyl (C=O) groups excluding carboxylic acids is 1. The second kappa shape index (κ2) is 8.82. The highest BCUT2D eigenvalue weighted by molar-refractivity contribution is 7.92. The average Bonchev–Trinajstić information content (AvgIpc) is 2.55. The Bertz CT molecular complexity index is 838. The second-order valence-electron chi connectivity index (χ2n) is 6.27. The molecule has 1 atom stereocenters. The van der Waals surface area contributed by atoms with E-state index in [1.54, 1.807) is 24.3 Å². The van der Waals surface area contributed by atoms with Crippen molar-refractivity contribution in [2.45, 2.75) is 25.9 Å². The highest BCUT2D eigenvalue weighted by Crippen LogP contribution is 2.17. The summed E-state index contributed by atoms with van der Waals surface area (Å²) in [6, 6.07) is 16.3. The minimum absolute atomic E-state index is 0.123. The molecule has 2 aromatic rings. The van der Waals surface area contributed by atoms with E-state index in [-0.39, 0.29) is 11.9 Å². The molecule has 6 nitrogen and oxygen atoms in total. The van der Waals surface area contributed by atoms with Crippen molar-refractivity contribution >= 4 is 27.3 Å². The molecule has 0 bridgehead atoms. The summed E-state index contributed by atoms with van der Waals surface area (Å²) in [7, 11) is -1.44. The number of carbonyl (C=O) groups is 1. The monoisotopic (exact) mass is 375 g/mol. The fraction of sp³-hybridized carbons (Fsp3) is 0.316. The summed E-state index contributed by atoms with van der Waals surface area (Å²) in [5, 5.41) is 2.87. The van der Waals surface area contributed by atoms with Crippen LogP contribution in [0.1, 0.15) is 18.9 Å². The first kappa shape index (κ1) is 19.9. The Morgan fingerprint density at radius 1 is 1.08 bits per heavy atom. The van der Waals surface area contributed by atoms with Gasteiger partial charge in [-0.25, -0.2) is 8.42 Å². The summed E-state index contributed by atoms with van der Waals surface area (Å²) >= 11 is 0. The number of hydrogen-bond acceptors (Lipinski definition) is 4. The third-order valence-electron chi connectivity index (χ3n) is 3.93. The fourth-order valence-corrected chi connectivity index (χ4v) is 3.33. The van der Waals surface area contributed by atoms with E-state index < -0.39 is 10.0 Å². The smallest absolute Gasteiger partial charge is 0.241 e. The van der Waals surface area contributed by atoms with Crippen LogP contribution in [0.25, 0.3) is 0 Å². The van der Waals surface area contributed by atoms with Crippen LogP contribution in [0.3, 0.4) is 0 Å². The minimum atomic E-state index is -3.36. The molecular formula is C19H25N3O3S. The minimum Gasteiger partial charge on any atom is -0.325 e. The van der Waals surface area contributed by atoms with E-state index in [4.69, 9.17) is 0 Å². The van der Waals surface area contributed by atoms with E-state index in [1.807, 2.05) is 49.2 Å². The predicted octanol–water partition coefficient (Wildman–Crippen LogP) is 2.91. The van der Waals surface area contributed by atoms with Gasteiger partial charge in [0.1, 0.15) is 0 Å². The molecule has 1 unspecified atom stereocenters. The third-order valence-corrected chi connectivity index (χ3v) is 4.54. The number of rotatable bonds is 8. The summed E-state index contributed by atoms with van der Waals surface area (Å²) in [5.74, 6) is -0.123. The van der Waals surface area contributed by atoms with Crippen LogP contribution in [0.5, 0.6) is 0 Å². The molecule has 0 spiro atoms. The van der Waals surface area contributed by atoms with Gasteiger partial charge in [-0.05, 0) is 37.2 Å². The van der Waals surface area contributed by atoms with Gasteiger partial charge in [-0.15, -0.1) is 0 Å². The van der Waals surface area contributed by atoms with Gasteiger partial charge in [0, 0.05) is 12.2 Å². The van der Waals surface area contributed by atoms with E-state index in [0.717, 1.165) is 11.8 Å². The van der Waals surface area contributed by atoms with Crippen LogP contribution < -0.4 is 10.0 Å². The Morgan fingerprint density at radius 3 is 2.35 bits per heavy atom. The van der Waals surface area contributed by atoms with E-state index >= 15 is 0 Å². The number of sulfonamides is 1. The molecule has 1 amide bonds. The number of benzene rings is 2. The SMILES string of the molecule is CCC(C(=O)Nc1cccc(NS(C)(=O)=O)c1)N(C)Cc1ccccc1. The molecule has 0 fully saturated rings. The molecule has 0 saturated heterocycles. The van der Waals surface area contributed by atoms with Crippen molar-refractivity contribution in [3.8, 4) is 0 Å². The Kier molecular flexibility index (Phi) is 6.76. The molecule has 2 aromatic carbocycles. The Labute approximate surface area is 155 Å². The maximum absolute atomic E-state index is 12.7. The molecule has 0 aliphatic rings. The van der Waals surface area contributed by atoms with Crippen LogP contribution in [0.4, 0.5) is 11.4 Å². The van der Waals surface area contributed by atoms with Crippen LogP contribution in [0.15, 0.2) is 54.6 Å². The number of nitrogens with one attached hydrogen (secondary N) is 2. The first-order valence-electron chi connectivity index (χ1n) is 8.41. The molecule has 0 saturated carbocycles. The van der Waals surface area contributed by atoms with E-state index in [0.29, 0.717) is 24.3 Å².